The number of aliphatic carboxylic acids is 1. The first-order valence-corrected chi connectivity index (χ1v) is 6.28. The van der Waals surface area contributed by atoms with Crippen LogP contribution in [0.4, 0.5) is 10.5 Å². The monoisotopic (exact) mass is 262 g/mol. The van der Waals surface area contributed by atoms with E-state index in [1.807, 2.05) is 31.2 Å². The normalized spacial score (nSPS) is 14.9. The molecule has 5 heteroatoms. The Labute approximate surface area is 112 Å². The molecule has 5 nitrogen and oxygen atoms in total. The van der Waals surface area contributed by atoms with E-state index in [0.29, 0.717) is 13.1 Å². The van der Waals surface area contributed by atoms with E-state index in [1.165, 1.54) is 0 Å². The van der Waals surface area contributed by atoms with Crippen LogP contribution in [-0.4, -0.2) is 42.1 Å². The minimum atomic E-state index is -0.802. The van der Waals surface area contributed by atoms with Crippen LogP contribution in [0.2, 0.25) is 0 Å². The van der Waals surface area contributed by atoms with Crippen molar-refractivity contribution in [1.82, 2.24) is 4.90 Å². The van der Waals surface area contributed by atoms with E-state index in [2.05, 4.69) is 0 Å². The fourth-order valence-corrected chi connectivity index (χ4v) is 2.26. The zero-order chi connectivity index (χ0) is 14.0. The molecule has 102 valence electrons. The fourth-order valence-electron chi connectivity index (χ4n) is 2.26. The number of carboxylic acids is 1. The van der Waals surface area contributed by atoms with Crippen molar-refractivity contribution in [3.8, 4) is 0 Å². The smallest absolute Gasteiger partial charge is 0.324 e. The van der Waals surface area contributed by atoms with Gasteiger partial charge in [0, 0.05) is 31.7 Å². The van der Waals surface area contributed by atoms with Crippen LogP contribution < -0.4 is 4.90 Å². The minimum Gasteiger partial charge on any atom is -0.481 e. The second kappa shape index (κ2) is 5.30. The van der Waals surface area contributed by atoms with Gasteiger partial charge in [0.05, 0.1) is 6.42 Å². The number of carbonyl (C=O) groups is 2. The Balaban J connectivity index is 1.93. The topological polar surface area (TPSA) is 60.9 Å². The molecule has 2 rings (SSSR count). The number of nitrogens with zero attached hydrogens (tertiary/aromatic N) is 2. The molecule has 1 aromatic carbocycles. The van der Waals surface area contributed by atoms with Crippen molar-refractivity contribution in [2.45, 2.75) is 13.3 Å². The van der Waals surface area contributed by atoms with Gasteiger partial charge in [-0.1, -0.05) is 12.1 Å². The molecule has 0 aliphatic carbocycles. The predicted molar refractivity (Wildman–Crippen MR) is 72.3 cm³/mol. The van der Waals surface area contributed by atoms with Crippen molar-refractivity contribution in [1.29, 1.82) is 0 Å². The Hall–Kier alpha value is -2.04. The van der Waals surface area contributed by atoms with E-state index >= 15 is 0 Å². The third-order valence-electron chi connectivity index (χ3n) is 3.37. The molecule has 1 N–H and O–H groups in total. The van der Waals surface area contributed by atoms with E-state index in [4.69, 9.17) is 5.11 Å². The molecule has 1 aliphatic rings. The second-order valence-corrected chi connectivity index (χ2v) is 5.05. The molecule has 1 aromatic rings. The summed E-state index contributed by atoms with van der Waals surface area (Å²) in [7, 11) is 1.74. The van der Waals surface area contributed by atoms with E-state index in [9.17, 15) is 9.59 Å². The molecule has 0 aromatic heterocycles. The Morgan fingerprint density at radius 2 is 2.11 bits per heavy atom. The highest BCUT2D eigenvalue weighted by Gasteiger charge is 2.33. The van der Waals surface area contributed by atoms with Gasteiger partial charge in [-0.2, -0.15) is 0 Å². The molecule has 1 fully saturated rings. The molecule has 0 bridgehead atoms. The number of benzene rings is 1. The SMILES string of the molecule is Cc1cccc(N(C)C(=O)N2CC(CC(=O)O)C2)c1. The second-order valence-electron chi connectivity index (χ2n) is 5.05. The number of likely N-dealkylation sites (tertiary alicyclic amines) is 1. The van der Waals surface area contributed by atoms with Gasteiger partial charge in [0.15, 0.2) is 0 Å². The number of hydrogen-bond acceptors (Lipinski definition) is 2. The van der Waals surface area contributed by atoms with Crippen molar-refractivity contribution in [2.75, 3.05) is 25.0 Å². The summed E-state index contributed by atoms with van der Waals surface area (Å²) in [6.07, 6.45) is 0.137. The molecule has 0 spiro atoms. The van der Waals surface area contributed by atoms with Crippen LogP contribution in [0.15, 0.2) is 24.3 Å². The van der Waals surface area contributed by atoms with Crippen molar-refractivity contribution >= 4 is 17.7 Å². The lowest BCUT2D eigenvalue weighted by atomic mass is 9.97. The van der Waals surface area contributed by atoms with Crippen LogP contribution >= 0.6 is 0 Å². The molecule has 0 saturated carbocycles. The highest BCUT2D eigenvalue weighted by molar-refractivity contribution is 5.92. The number of aryl methyl sites for hydroxylation is 1. The summed E-state index contributed by atoms with van der Waals surface area (Å²) in [5.41, 5.74) is 1.95. The lowest BCUT2D eigenvalue weighted by molar-refractivity contribution is -0.139. The standard InChI is InChI=1S/C14H18N2O3/c1-10-4-3-5-12(6-10)15(2)14(19)16-8-11(9-16)7-13(17)18/h3-6,11H,7-9H2,1-2H3,(H,17,18). The molecule has 0 radical (unpaired) electrons. The first-order valence-electron chi connectivity index (χ1n) is 6.28. The van der Waals surface area contributed by atoms with E-state index in [0.717, 1.165) is 11.3 Å². The van der Waals surface area contributed by atoms with Crippen LogP contribution in [0.25, 0.3) is 0 Å². The maximum Gasteiger partial charge on any atom is 0.324 e. The van der Waals surface area contributed by atoms with Crippen molar-refractivity contribution in [3.63, 3.8) is 0 Å². The Morgan fingerprint density at radius 3 is 2.68 bits per heavy atom. The fraction of sp³-hybridized carbons (Fsp3) is 0.429. The van der Waals surface area contributed by atoms with E-state index in [-0.39, 0.29) is 18.4 Å². The van der Waals surface area contributed by atoms with Gasteiger partial charge in [0.1, 0.15) is 0 Å². The third kappa shape index (κ3) is 3.05. The zero-order valence-electron chi connectivity index (χ0n) is 11.2. The number of carbonyl (C=O) groups excluding carboxylic acids is 1. The van der Waals surface area contributed by atoms with Gasteiger partial charge in [-0.15, -0.1) is 0 Å². The minimum absolute atomic E-state index is 0.0766. The first kappa shape index (κ1) is 13.4. The molecule has 0 unspecified atom stereocenters. The molecule has 0 atom stereocenters. The Kier molecular flexibility index (Phi) is 3.74. The van der Waals surface area contributed by atoms with Gasteiger partial charge >= 0.3 is 12.0 Å². The Morgan fingerprint density at radius 1 is 1.42 bits per heavy atom. The maximum atomic E-state index is 12.2. The number of carboxylic acid groups (broad SMARTS) is 1. The number of urea groups is 1. The summed E-state index contributed by atoms with van der Waals surface area (Å²) >= 11 is 0. The summed E-state index contributed by atoms with van der Waals surface area (Å²) in [6.45, 7) is 3.04. The summed E-state index contributed by atoms with van der Waals surface area (Å²) in [4.78, 5) is 26.0. The lowest BCUT2D eigenvalue weighted by Gasteiger charge is -2.40. The lowest BCUT2D eigenvalue weighted by Crippen LogP contribution is -2.54. The molecular formula is C14H18N2O3. The van der Waals surface area contributed by atoms with E-state index in [1.54, 1.807) is 16.8 Å². The molecule has 1 aliphatic heterocycles. The Bertz CT molecular complexity index is 495. The number of hydrogen-bond donors (Lipinski definition) is 1. The predicted octanol–water partition coefficient (Wildman–Crippen LogP) is 1.96. The van der Waals surface area contributed by atoms with Crippen LogP contribution in [0.3, 0.4) is 0 Å². The zero-order valence-corrected chi connectivity index (χ0v) is 11.2. The highest BCUT2D eigenvalue weighted by Crippen LogP contribution is 2.23. The molecule has 2 amide bonds. The van der Waals surface area contributed by atoms with Gasteiger partial charge in [0.2, 0.25) is 0 Å². The van der Waals surface area contributed by atoms with E-state index < -0.39 is 5.97 Å². The van der Waals surface area contributed by atoms with Crippen molar-refractivity contribution in [2.24, 2.45) is 5.92 Å². The van der Waals surface area contributed by atoms with Gasteiger partial charge in [-0.25, -0.2) is 4.79 Å². The van der Waals surface area contributed by atoms with Crippen LogP contribution in [0.5, 0.6) is 0 Å². The summed E-state index contributed by atoms with van der Waals surface area (Å²) in [5, 5.41) is 8.68. The van der Waals surface area contributed by atoms with Gasteiger partial charge in [-0.05, 0) is 24.6 Å². The number of rotatable bonds is 3. The largest absolute Gasteiger partial charge is 0.481 e. The molecular weight excluding hydrogens is 244 g/mol. The van der Waals surface area contributed by atoms with Crippen molar-refractivity contribution in [3.05, 3.63) is 29.8 Å². The molecule has 1 saturated heterocycles. The van der Waals surface area contributed by atoms with Gasteiger partial charge in [-0.3, -0.25) is 9.69 Å². The molecule has 1 heterocycles. The number of amides is 2. The van der Waals surface area contributed by atoms with Crippen LogP contribution in [0.1, 0.15) is 12.0 Å². The average Bonchev–Trinajstić information content (AvgIpc) is 2.31. The van der Waals surface area contributed by atoms with Crippen LogP contribution in [0, 0.1) is 12.8 Å². The number of anilines is 1. The summed E-state index contributed by atoms with van der Waals surface area (Å²) in [6, 6.07) is 7.66. The third-order valence-corrected chi connectivity index (χ3v) is 3.37. The highest BCUT2D eigenvalue weighted by atomic mass is 16.4. The summed E-state index contributed by atoms with van der Waals surface area (Å²) < 4.78 is 0. The van der Waals surface area contributed by atoms with Gasteiger partial charge < -0.3 is 10.0 Å². The first-order chi connectivity index (χ1) is 8.97. The average molecular weight is 262 g/mol. The van der Waals surface area contributed by atoms with Crippen LogP contribution in [-0.2, 0) is 4.79 Å². The maximum absolute atomic E-state index is 12.2. The molecule has 19 heavy (non-hydrogen) atoms. The van der Waals surface area contributed by atoms with Gasteiger partial charge in [0.25, 0.3) is 0 Å². The quantitative estimate of drug-likeness (QED) is 0.905. The summed E-state index contributed by atoms with van der Waals surface area (Å²) in [5.74, 6) is -0.712. The van der Waals surface area contributed by atoms with Crippen molar-refractivity contribution < 1.29 is 14.7 Å².